The maximum absolute atomic E-state index is 15.9. The van der Waals surface area contributed by atoms with E-state index in [1.807, 2.05) is 0 Å². The van der Waals surface area contributed by atoms with Gasteiger partial charge in [-0.15, -0.1) is 0 Å². The molecule has 0 amide bonds. The van der Waals surface area contributed by atoms with Gasteiger partial charge in [-0.1, -0.05) is 86.1 Å². The zero-order chi connectivity index (χ0) is 75.1. The first-order valence-corrected chi connectivity index (χ1v) is 38.3. The Morgan fingerprint density at radius 2 is 0.750 bits per heavy atom. The Labute approximate surface area is 686 Å². The summed E-state index contributed by atoms with van der Waals surface area (Å²) in [7, 11) is -20.0. The number of fused-ring (bicyclic) bond motifs is 10. The number of halogens is 2. The van der Waals surface area contributed by atoms with Crippen molar-refractivity contribution in [3.63, 3.8) is 0 Å². The van der Waals surface area contributed by atoms with Gasteiger partial charge in [0.05, 0.1) is 63.8 Å². The van der Waals surface area contributed by atoms with Gasteiger partial charge in [0.15, 0.2) is 82.5 Å². The fourth-order valence-electron chi connectivity index (χ4n) is 12.1. The zero-order valence-corrected chi connectivity index (χ0v) is 65.6. The van der Waals surface area contributed by atoms with Crippen LogP contribution in [0.4, 0.5) is 32.3 Å². The normalized spacial score (nSPS) is 31.6. The zero-order valence-electron chi connectivity index (χ0n) is 58.0. The van der Waals surface area contributed by atoms with Gasteiger partial charge in [0.25, 0.3) is 11.1 Å². The molecule has 14 heterocycles. The predicted molar refractivity (Wildman–Crippen MR) is 396 cm³/mol. The van der Waals surface area contributed by atoms with Gasteiger partial charge in [-0.2, -0.15) is 9.97 Å². The molecule has 6 aliphatic rings. The summed E-state index contributed by atoms with van der Waals surface area (Å²) in [4.78, 5) is 116. The second-order valence-corrected chi connectivity index (χ2v) is 29.6. The van der Waals surface area contributed by atoms with Crippen molar-refractivity contribution in [3.8, 4) is 0 Å². The van der Waals surface area contributed by atoms with Crippen LogP contribution >= 0.6 is 31.1 Å². The third-order valence-electron chi connectivity index (χ3n) is 17.5. The number of aliphatic hydroxyl groups is 2. The van der Waals surface area contributed by atoms with Crippen LogP contribution in [0.2, 0.25) is 0 Å². The third kappa shape index (κ3) is 22.0. The van der Waals surface area contributed by atoms with Crippen LogP contribution in [0, 0.1) is 0 Å². The topological polar surface area (TPSA) is 631 Å². The molecule has 14 rings (SSSR count). The fraction of sp³-hybridized carbons (Fsp3) is 0.655. The Morgan fingerprint density at radius 3 is 1.06 bits per heavy atom. The van der Waals surface area contributed by atoms with Gasteiger partial charge in [-0.3, -0.25) is 65.0 Å². The van der Waals surface area contributed by atoms with E-state index in [1.165, 1.54) is 61.1 Å². The summed E-state index contributed by atoms with van der Waals surface area (Å²) in [6.45, 7) is 17.0. The summed E-state index contributed by atoms with van der Waals surface area (Å²) in [5.74, 6) is -0.554. The number of ether oxygens (including phenoxy) is 4. The fourth-order valence-corrected chi connectivity index (χ4v) is 16.2. The number of anilines is 4. The van der Waals surface area contributed by atoms with Crippen molar-refractivity contribution in [1.29, 1.82) is 0 Å². The summed E-state index contributed by atoms with van der Waals surface area (Å²) >= 11 is 0. The Hall–Kier alpha value is -5.02. The van der Waals surface area contributed by atoms with Gasteiger partial charge in [0.1, 0.15) is 72.5 Å². The van der Waals surface area contributed by atoms with Gasteiger partial charge < -0.3 is 81.5 Å². The summed E-state index contributed by atoms with van der Waals surface area (Å²) in [5.41, 5.74) is 21.4. The monoisotopic (exact) mass is 1690 g/mol. The molecule has 8 aromatic heterocycles. The number of phosphoric ester groups is 2. The van der Waals surface area contributed by atoms with Crippen molar-refractivity contribution in [2.24, 2.45) is 0 Å². The molecule has 54 heteroatoms. The smallest absolute Gasteiger partial charge is 0.387 e. The molecule has 4 bridgehead atoms. The Kier molecular flexibility index (Phi) is 37.8. The number of H-pyrrole nitrogens is 2. The summed E-state index contributed by atoms with van der Waals surface area (Å²) in [5, 5.41) is 26.3. The van der Waals surface area contributed by atoms with Gasteiger partial charge in [-0.25, -0.2) is 77.1 Å². The molecule has 112 heavy (non-hydrogen) atoms. The van der Waals surface area contributed by atoms with Crippen molar-refractivity contribution in [2.75, 3.05) is 88.6 Å². The number of aromatic amines is 2. The van der Waals surface area contributed by atoms with Crippen LogP contribution in [0.1, 0.15) is 111 Å². The van der Waals surface area contributed by atoms with E-state index in [2.05, 4.69) is 121 Å². The SMILES string of the molecule is C.C.C.C.C.C.CCN(CC)CC.CCN(CC)CC.Nc1nc2c(ncn2C2OC3COP(=O)(O)NC4C(COP(=O)(O)OC2C3O)OC(n2cnc3c(N)ncnc32)C4F)c(=O)[nH]1.Nc1nc2c(ncn2C2OC3COP(=O)(O)NC4C(COP(=O)(O)OC2C3O)OC(n2cnc3c(N)ncnc32)C4F)c(=O)[nH]1.[Na+].[Na+]. The number of nitrogens with zero attached hydrogens (tertiary/aromatic N) is 16. The first kappa shape index (κ1) is 101. The molecular weight excluding hydrogens is 1590 g/mol. The van der Waals surface area contributed by atoms with Crippen LogP contribution in [-0.2, 0) is 64.4 Å². The molecule has 6 aliphatic heterocycles. The van der Waals surface area contributed by atoms with Crippen molar-refractivity contribution < 1.29 is 162 Å². The molecule has 6 saturated heterocycles. The first-order valence-electron chi connectivity index (χ1n) is 32.2. The number of hydrogen-bond acceptors (Lipinski definition) is 34. The second-order valence-electron chi connectivity index (χ2n) is 23.7. The molecular formula is C58H102F2N24Na2O22P4+2. The van der Waals surface area contributed by atoms with Crippen molar-refractivity contribution in [3.05, 3.63) is 58.7 Å². The number of nitrogens with two attached hydrogens (primary N) is 4. The number of aromatic nitrogens is 16. The van der Waals surface area contributed by atoms with E-state index in [-0.39, 0.29) is 172 Å². The van der Waals surface area contributed by atoms with Crippen LogP contribution in [0.3, 0.4) is 0 Å². The molecule has 0 spiro atoms. The number of aliphatic hydroxyl groups excluding tert-OH is 2. The molecule has 20 unspecified atom stereocenters. The predicted octanol–water partition coefficient (Wildman–Crippen LogP) is -3.06. The molecule has 8 aromatic rings. The standard InChI is InChI=1S/2C20H24FN11O11P2.2C6H15N.6CH4.2Na/c2*21-8-9-6(41-18(8)31-4-26-10-14(22)24-3-25-15(10)31)1-40-45(37,38)43-13-12(33)7(2-39-44(35,36)30-9)42-19(13)32-5-27-11-16(32)28-20(23)29-17(11)34;2*1-4-7(5-2)6-3;;;;;;;;/h2*3-9,12-13,18-19,33H,1-2H2,(H,37,38)(H2,22,24,25)(H2,30,35,36)(H3,23,28,29,34);2*4-6H2,1-3H3;6*1H4;;/q;;;;;;;;;;2*+1. The summed E-state index contributed by atoms with van der Waals surface area (Å²) in [6, 6.07) is -3.29. The van der Waals surface area contributed by atoms with Gasteiger partial charge in [0, 0.05) is 0 Å². The number of alkyl halides is 2. The van der Waals surface area contributed by atoms with E-state index < -0.39 is 167 Å². The minimum atomic E-state index is -5.13. The van der Waals surface area contributed by atoms with Crippen molar-refractivity contribution in [1.82, 2.24) is 98.1 Å². The Balaban J connectivity index is 0.000000466. The van der Waals surface area contributed by atoms with Crippen molar-refractivity contribution in [2.45, 2.75) is 184 Å². The molecule has 0 aliphatic carbocycles. The number of hydrogen-bond donors (Lipinski definition) is 14. The van der Waals surface area contributed by atoms with Crippen LogP contribution in [0.5, 0.6) is 0 Å². The third-order valence-corrected chi connectivity index (χ3v) is 21.7. The Morgan fingerprint density at radius 1 is 0.455 bits per heavy atom. The van der Waals surface area contributed by atoms with E-state index in [4.69, 9.17) is 69.0 Å². The molecule has 20 atom stereocenters. The maximum atomic E-state index is 15.9. The molecule has 0 saturated carbocycles. The molecule has 18 N–H and O–H groups in total. The van der Waals surface area contributed by atoms with E-state index in [0.717, 1.165) is 34.4 Å². The number of phosphoric acid groups is 2. The minimum Gasteiger partial charge on any atom is -0.387 e. The van der Waals surface area contributed by atoms with Gasteiger partial charge in [0.2, 0.25) is 11.9 Å². The molecule has 6 fully saturated rings. The van der Waals surface area contributed by atoms with Gasteiger partial charge in [-0.05, 0) is 39.3 Å². The number of rotatable bonds is 10. The molecule has 620 valence electrons. The maximum Gasteiger partial charge on any atom is 1.00 e. The van der Waals surface area contributed by atoms with Gasteiger partial charge >= 0.3 is 90.3 Å². The van der Waals surface area contributed by atoms with Crippen LogP contribution < -0.4 is 103 Å². The second kappa shape index (κ2) is 41.9. The first-order chi connectivity index (χ1) is 49.3. The van der Waals surface area contributed by atoms with Crippen LogP contribution in [0.15, 0.2) is 47.6 Å². The number of nitrogen functional groups attached to an aromatic ring is 4. The summed E-state index contributed by atoms with van der Waals surface area (Å²) < 4.78 is 143. The van der Waals surface area contributed by atoms with E-state index in [1.54, 1.807) is 0 Å². The average Bonchev–Trinajstić information content (AvgIpc) is 1.63. The van der Waals surface area contributed by atoms with E-state index in [9.17, 15) is 57.6 Å². The van der Waals surface area contributed by atoms with E-state index in [0.29, 0.717) is 0 Å². The summed E-state index contributed by atoms with van der Waals surface area (Å²) in [6.07, 6.45) is -16.3. The van der Waals surface area contributed by atoms with Crippen LogP contribution in [-0.4, -0.2) is 257 Å². The molecule has 46 nitrogen and oxygen atoms in total. The quantitative estimate of drug-likeness (QED) is 0.0477. The molecule has 0 radical (unpaired) electrons. The largest absolute Gasteiger partial charge is 1.00 e. The number of imidazole rings is 4. The minimum absolute atomic E-state index is 0. The van der Waals surface area contributed by atoms with Crippen LogP contribution in [0.25, 0.3) is 44.7 Å². The Bertz CT molecular complexity index is 4390. The number of nitrogens with one attached hydrogen (secondary N) is 4. The molecule has 0 aromatic carbocycles. The average molecular weight is 1700 g/mol. The van der Waals surface area contributed by atoms with E-state index >= 15 is 8.78 Å². The van der Waals surface area contributed by atoms with Crippen molar-refractivity contribution >= 4 is 99.3 Å².